The summed E-state index contributed by atoms with van der Waals surface area (Å²) in [6, 6.07) is 4.40. The van der Waals surface area contributed by atoms with Crippen LogP contribution in [0.1, 0.15) is 23.2 Å². The Hall–Kier alpha value is -1.64. The van der Waals surface area contributed by atoms with Gasteiger partial charge in [-0.15, -0.1) is 0 Å². The summed E-state index contributed by atoms with van der Waals surface area (Å²) in [7, 11) is -2.25. The molecule has 122 valence electrons. The van der Waals surface area contributed by atoms with Crippen LogP contribution in [0.25, 0.3) is 0 Å². The standard InChI is InChI=1S/C14H21N3O4S/c1-21-12-5-4-11(14(18)16-7-6-15)10-13(12)22(19,20)17-8-2-3-9-17/h4-5,10H,2-3,6-9,15H2,1H3,(H,16,18). The Kier molecular flexibility index (Phi) is 5.38. The number of methoxy groups -OCH3 is 1. The van der Waals surface area contributed by atoms with Crippen LogP contribution in [0.3, 0.4) is 0 Å². The summed E-state index contributed by atoms with van der Waals surface area (Å²) in [5.74, 6) is -0.117. The molecule has 1 amide bonds. The fraction of sp³-hybridized carbons (Fsp3) is 0.500. The minimum Gasteiger partial charge on any atom is -0.495 e. The second kappa shape index (κ2) is 7.08. The second-order valence-corrected chi connectivity index (χ2v) is 6.93. The van der Waals surface area contributed by atoms with Gasteiger partial charge in [-0.05, 0) is 31.0 Å². The molecule has 1 aliphatic rings. The van der Waals surface area contributed by atoms with E-state index < -0.39 is 10.0 Å². The third-order valence-electron chi connectivity index (χ3n) is 3.54. The number of nitrogens with one attached hydrogen (secondary N) is 1. The van der Waals surface area contributed by atoms with E-state index in [1.165, 1.54) is 29.6 Å². The van der Waals surface area contributed by atoms with Crippen molar-refractivity contribution in [3.63, 3.8) is 0 Å². The number of hydrogen-bond acceptors (Lipinski definition) is 5. The maximum atomic E-state index is 12.7. The minimum absolute atomic E-state index is 0.0253. The monoisotopic (exact) mass is 327 g/mol. The first-order valence-corrected chi connectivity index (χ1v) is 8.61. The van der Waals surface area contributed by atoms with Crippen LogP contribution in [0.5, 0.6) is 5.75 Å². The third-order valence-corrected chi connectivity index (χ3v) is 5.46. The molecule has 0 aliphatic carbocycles. The highest BCUT2D eigenvalue weighted by atomic mass is 32.2. The lowest BCUT2D eigenvalue weighted by Gasteiger charge is -2.18. The maximum absolute atomic E-state index is 12.7. The topological polar surface area (TPSA) is 102 Å². The van der Waals surface area contributed by atoms with E-state index in [0.29, 0.717) is 26.2 Å². The van der Waals surface area contributed by atoms with Gasteiger partial charge in [0.15, 0.2) is 0 Å². The van der Waals surface area contributed by atoms with Crippen LogP contribution >= 0.6 is 0 Å². The number of amides is 1. The lowest BCUT2D eigenvalue weighted by Crippen LogP contribution is -2.30. The highest BCUT2D eigenvalue weighted by molar-refractivity contribution is 7.89. The Morgan fingerprint density at radius 2 is 2.05 bits per heavy atom. The van der Waals surface area contributed by atoms with Gasteiger partial charge in [0.1, 0.15) is 10.6 Å². The smallest absolute Gasteiger partial charge is 0.251 e. The number of carbonyl (C=O) groups excluding carboxylic acids is 1. The number of ether oxygens (including phenoxy) is 1. The van der Waals surface area contributed by atoms with Crippen molar-refractivity contribution in [2.24, 2.45) is 5.73 Å². The van der Waals surface area contributed by atoms with Gasteiger partial charge in [0.05, 0.1) is 7.11 Å². The van der Waals surface area contributed by atoms with E-state index in [-0.39, 0.29) is 22.1 Å². The van der Waals surface area contributed by atoms with Crippen LogP contribution in [0.15, 0.2) is 23.1 Å². The first-order chi connectivity index (χ1) is 10.5. The zero-order valence-electron chi connectivity index (χ0n) is 12.5. The van der Waals surface area contributed by atoms with E-state index in [2.05, 4.69) is 5.32 Å². The van der Waals surface area contributed by atoms with E-state index in [4.69, 9.17) is 10.5 Å². The molecule has 0 radical (unpaired) electrons. The molecule has 1 aromatic carbocycles. The molecule has 0 saturated carbocycles. The molecule has 1 fully saturated rings. The molecule has 2 rings (SSSR count). The summed E-state index contributed by atoms with van der Waals surface area (Å²) >= 11 is 0. The molecule has 0 bridgehead atoms. The molecule has 0 spiro atoms. The molecule has 8 heteroatoms. The number of nitrogens with two attached hydrogens (primary N) is 1. The summed E-state index contributed by atoms with van der Waals surface area (Å²) in [6.45, 7) is 1.64. The van der Waals surface area contributed by atoms with Crippen molar-refractivity contribution >= 4 is 15.9 Å². The van der Waals surface area contributed by atoms with Gasteiger partial charge in [-0.1, -0.05) is 0 Å². The van der Waals surface area contributed by atoms with Crippen LogP contribution < -0.4 is 15.8 Å². The van der Waals surface area contributed by atoms with Crippen molar-refractivity contribution in [3.8, 4) is 5.75 Å². The number of nitrogens with zero attached hydrogens (tertiary/aromatic N) is 1. The molecule has 0 aromatic heterocycles. The molecule has 0 unspecified atom stereocenters. The molecule has 3 N–H and O–H groups in total. The Labute approximate surface area is 130 Å². The van der Waals surface area contributed by atoms with E-state index in [1.54, 1.807) is 0 Å². The van der Waals surface area contributed by atoms with Gasteiger partial charge in [-0.2, -0.15) is 4.31 Å². The van der Waals surface area contributed by atoms with Crippen LogP contribution in [-0.2, 0) is 10.0 Å². The summed E-state index contributed by atoms with van der Waals surface area (Å²) in [6.07, 6.45) is 1.69. The Morgan fingerprint density at radius 1 is 1.36 bits per heavy atom. The fourth-order valence-corrected chi connectivity index (χ4v) is 4.07. The van der Waals surface area contributed by atoms with Gasteiger partial charge in [0, 0.05) is 31.7 Å². The van der Waals surface area contributed by atoms with Gasteiger partial charge in [0.2, 0.25) is 10.0 Å². The molecular weight excluding hydrogens is 306 g/mol. The fourth-order valence-electron chi connectivity index (χ4n) is 2.37. The van der Waals surface area contributed by atoms with Crippen molar-refractivity contribution in [1.29, 1.82) is 0 Å². The van der Waals surface area contributed by atoms with Crippen molar-refractivity contribution in [2.45, 2.75) is 17.7 Å². The first kappa shape index (κ1) is 16.7. The predicted molar refractivity (Wildman–Crippen MR) is 82.4 cm³/mol. The summed E-state index contributed by atoms with van der Waals surface area (Å²) in [5, 5.41) is 2.62. The van der Waals surface area contributed by atoms with Crippen molar-refractivity contribution < 1.29 is 17.9 Å². The van der Waals surface area contributed by atoms with E-state index in [1.807, 2.05) is 0 Å². The van der Waals surface area contributed by atoms with Crippen LogP contribution in [-0.4, -0.2) is 51.9 Å². The first-order valence-electron chi connectivity index (χ1n) is 7.17. The van der Waals surface area contributed by atoms with E-state index in [9.17, 15) is 13.2 Å². The van der Waals surface area contributed by atoms with Crippen molar-refractivity contribution in [3.05, 3.63) is 23.8 Å². The van der Waals surface area contributed by atoms with Gasteiger partial charge < -0.3 is 15.8 Å². The third kappa shape index (κ3) is 3.40. The summed E-state index contributed by atoms with van der Waals surface area (Å²) in [4.78, 5) is 12.0. The molecule has 0 atom stereocenters. The SMILES string of the molecule is COc1ccc(C(=O)NCCN)cc1S(=O)(=O)N1CCCC1. The van der Waals surface area contributed by atoms with Gasteiger partial charge >= 0.3 is 0 Å². The zero-order valence-corrected chi connectivity index (χ0v) is 13.4. The predicted octanol–water partition coefficient (Wildman–Crippen LogP) is 0.168. The minimum atomic E-state index is -3.65. The molecule has 1 aliphatic heterocycles. The highest BCUT2D eigenvalue weighted by Crippen LogP contribution is 2.29. The average molecular weight is 327 g/mol. The zero-order chi connectivity index (χ0) is 16.2. The van der Waals surface area contributed by atoms with E-state index >= 15 is 0 Å². The number of sulfonamides is 1. The number of rotatable bonds is 6. The van der Waals surface area contributed by atoms with Gasteiger partial charge in [0.25, 0.3) is 5.91 Å². The van der Waals surface area contributed by atoms with E-state index in [0.717, 1.165) is 12.8 Å². The van der Waals surface area contributed by atoms with Crippen LogP contribution in [0.2, 0.25) is 0 Å². The van der Waals surface area contributed by atoms with Crippen LogP contribution in [0, 0.1) is 0 Å². The maximum Gasteiger partial charge on any atom is 0.251 e. The number of hydrogen-bond donors (Lipinski definition) is 2. The molecule has 1 saturated heterocycles. The molecule has 1 heterocycles. The molecule has 1 aromatic rings. The van der Waals surface area contributed by atoms with Gasteiger partial charge in [-0.25, -0.2) is 8.42 Å². The normalized spacial score (nSPS) is 15.7. The Bertz CT molecular complexity index is 639. The largest absolute Gasteiger partial charge is 0.495 e. The summed E-state index contributed by atoms with van der Waals surface area (Å²) < 4.78 is 32.0. The quantitative estimate of drug-likeness (QED) is 0.775. The van der Waals surface area contributed by atoms with Gasteiger partial charge in [-0.3, -0.25) is 4.79 Å². The Morgan fingerprint density at radius 3 is 2.64 bits per heavy atom. The number of benzene rings is 1. The van der Waals surface area contributed by atoms with Crippen molar-refractivity contribution in [2.75, 3.05) is 33.3 Å². The second-order valence-electron chi connectivity index (χ2n) is 5.02. The van der Waals surface area contributed by atoms with Crippen LogP contribution in [0.4, 0.5) is 0 Å². The lowest BCUT2D eigenvalue weighted by molar-refractivity contribution is 0.0954. The summed E-state index contributed by atoms with van der Waals surface area (Å²) in [5.41, 5.74) is 5.62. The molecule has 7 nitrogen and oxygen atoms in total. The molecule has 22 heavy (non-hydrogen) atoms. The number of carbonyl (C=O) groups is 1. The van der Waals surface area contributed by atoms with Crippen molar-refractivity contribution in [1.82, 2.24) is 9.62 Å². The lowest BCUT2D eigenvalue weighted by atomic mass is 10.2. The molecular formula is C14H21N3O4S. The highest BCUT2D eigenvalue weighted by Gasteiger charge is 2.30. The Balaban J connectivity index is 2.38. The average Bonchev–Trinajstić information content (AvgIpc) is 3.07.